The minimum atomic E-state index is -0.802. The number of benzene rings is 2. The first kappa shape index (κ1) is 23.3. The van der Waals surface area contributed by atoms with Crippen LogP contribution in [0.5, 0.6) is 11.5 Å². The second-order valence-electron chi connectivity index (χ2n) is 7.55. The van der Waals surface area contributed by atoms with Crippen molar-refractivity contribution in [3.63, 3.8) is 0 Å². The van der Waals surface area contributed by atoms with E-state index in [2.05, 4.69) is 0 Å². The normalized spacial score (nSPS) is 17.6. The topological polar surface area (TPSA) is 76.1 Å². The van der Waals surface area contributed by atoms with Gasteiger partial charge in [-0.2, -0.15) is 0 Å². The molecule has 1 saturated heterocycles. The number of hydrogen-bond acceptors (Lipinski definition) is 5. The lowest BCUT2D eigenvalue weighted by Gasteiger charge is -2.25. The van der Waals surface area contributed by atoms with Gasteiger partial charge in [-0.25, -0.2) is 4.39 Å². The highest BCUT2D eigenvalue weighted by molar-refractivity contribution is 6.46. The average molecular weight is 441 g/mol. The maximum Gasteiger partial charge on any atom is 0.295 e. The summed E-state index contributed by atoms with van der Waals surface area (Å²) in [5.41, 5.74) is 0.593. The summed E-state index contributed by atoms with van der Waals surface area (Å²) in [7, 11) is 1.39. The van der Waals surface area contributed by atoms with E-state index < -0.39 is 29.3 Å². The fourth-order valence-corrected chi connectivity index (χ4v) is 3.91. The van der Waals surface area contributed by atoms with Gasteiger partial charge in [0.2, 0.25) is 0 Å². The number of carbonyl (C=O) groups excluding carboxylic acids is 2. The summed E-state index contributed by atoms with van der Waals surface area (Å²) in [6.45, 7) is 4.80. The van der Waals surface area contributed by atoms with Crippen molar-refractivity contribution in [3.05, 3.63) is 65.0 Å². The van der Waals surface area contributed by atoms with Crippen molar-refractivity contribution >= 4 is 17.4 Å². The summed E-state index contributed by atoms with van der Waals surface area (Å²) in [6.07, 6.45) is 2.58. The molecule has 0 radical (unpaired) electrons. The Morgan fingerprint density at radius 3 is 2.44 bits per heavy atom. The number of nitrogens with zero attached hydrogens (tertiary/aromatic N) is 1. The Bertz CT molecular complexity index is 1020. The van der Waals surface area contributed by atoms with Gasteiger partial charge in [0.15, 0.2) is 0 Å². The van der Waals surface area contributed by atoms with Crippen LogP contribution in [0.4, 0.5) is 4.39 Å². The van der Waals surface area contributed by atoms with Gasteiger partial charge in [-0.3, -0.25) is 9.59 Å². The van der Waals surface area contributed by atoms with Crippen LogP contribution in [0.1, 0.15) is 50.3 Å². The monoisotopic (exact) mass is 441 g/mol. The summed E-state index contributed by atoms with van der Waals surface area (Å²) < 4.78 is 24.7. The Morgan fingerprint density at radius 1 is 1.09 bits per heavy atom. The number of likely N-dealkylation sites (tertiary alicyclic amines) is 1. The molecule has 1 fully saturated rings. The van der Waals surface area contributed by atoms with Crippen molar-refractivity contribution in [1.82, 2.24) is 4.90 Å². The lowest BCUT2D eigenvalue weighted by Crippen LogP contribution is -2.30. The molecule has 1 heterocycles. The third-order valence-corrected chi connectivity index (χ3v) is 5.47. The number of hydrogen-bond donors (Lipinski definition) is 1. The molecular formula is C25H28FNO5. The van der Waals surface area contributed by atoms with E-state index in [-0.39, 0.29) is 16.9 Å². The third-order valence-electron chi connectivity index (χ3n) is 5.47. The molecule has 2 aromatic rings. The average Bonchev–Trinajstić information content (AvgIpc) is 3.04. The second-order valence-corrected chi connectivity index (χ2v) is 7.55. The van der Waals surface area contributed by atoms with Crippen LogP contribution in [0.2, 0.25) is 0 Å². The Labute approximate surface area is 187 Å². The van der Waals surface area contributed by atoms with Gasteiger partial charge >= 0.3 is 0 Å². The number of aliphatic hydroxyl groups is 1. The predicted molar refractivity (Wildman–Crippen MR) is 119 cm³/mol. The summed E-state index contributed by atoms with van der Waals surface area (Å²) >= 11 is 0. The van der Waals surface area contributed by atoms with Gasteiger partial charge < -0.3 is 19.5 Å². The maximum atomic E-state index is 14.0. The minimum Gasteiger partial charge on any atom is -0.507 e. The van der Waals surface area contributed by atoms with E-state index in [0.717, 1.165) is 25.3 Å². The molecule has 3 rings (SSSR count). The number of amides is 1. The Kier molecular flexibility index (Phi) is 7.51. The highest BCUT2D eigenvalue weighted by Crippen LogP contribution is 2.41. The quantitative estimate of drug-likeness (QED) is 0.261. The van der Waals surface area contributed by atoms with Crippen LogP contribution in [-0.2, 0) is 9.59 Å². The highest BCUT2D eigenvalue weighted by atomic mass is 19.1. The molecule has 6 nitrogen and oxygen atoms in total. The fraction of sp³-hybridized carbons (Fsp3) is 0.360. The number of Topliss-reactive ketones (excluding diaryl/α,β-unsaturated/α-hetero) is 1. The first-order valence-electron chi connectivity index (χ1n) is 10.8. The van der Waals surface area contributed by atoms with Crippen LogP contribution in [0.3, 0.4) is 0 Å². The van der Waals surface area contributed by atoms with Crippen molar-refractivity contribution in [2.24, 2.45) is 0 Å². The van der Waals surface area contributed by atoms with E-state index in [0.29, 0.717) is 24.5 Å². The van der Waals surface area contributed by atoms with E-state index in [9.17, 15) is 19.1 Å². The number of halogens is 1. The number of ether oxygens (including phenoxy) is 2. The van der Waals surface area contributed by atoms with Crippen LogP contribution in [0.15, 0.2) is 48.0 Å². The molecule has 0 aliphatic carbocycles. The Morgan fingerprint density at radius 2 is 1.81 bits per heavy atom. The third kappa shape index (κ3) is 4.61. The molecule has 170 valence electrons. The van der Waals surface area contributed by atoms with Gasteiger partial charge in [-0.1, -0.05) is 31.9 Å². The van der Waals surface area contributed by atoms with Gasteiger partial charge in [0, 0.05) is 6.54 Å². The van der Waals surface area contributed by atoms with Gasteiger partial charge in [0.05, 0.1) is 30.9 Å². The highest BCUT2D eigenvalue weighted by Gasteiger charge is 2.46. The lowest BCUT2D eigenvalue weighted by molar-refractivity contribution is -0.139. The van der Waals surface area contributed by atoms with E-state index in [1.165, 1.54) is 24.1 Å². The summed E-state index contributed by atoms with van der Waals surface area (Å²) in [5, 5.41) is 11.1. The molecule has 1 amide bonds. The zero-order valence-electron chi connectivity index (χ0n) is 18.6. The van der Waals surface area contributed by atoms with Crippen molar-refractivity contribution in [1.29, 1.82) is 0 Å². The molecule has 1 atom stereocenters. The molecule has 1 aliphatic rings. The number of carbonyl (C=O) groups is 2. The first-order chi connectivity index (χ1) is 15.4. The minimum absolute atomic E-state index is 0.0231. The molecule has 1 aliphatic heterocycles. The van der Waals surface area contributed by atoms with E-state index in [1.807, 2.05) is 13.8 Å². The number of aliphatic hydroxyl groups excluding tert-OH is 1. The van der Waals surface area contributed by atoms with Gasteiger partial charge in [-0.15, -0.1) is 0 Å². The molecule has 32 heavy (non-hydrogen) atoms. The van der Waals surface area contributed by atoms with Crippen LogP contribution < -0.4 is 9.47 Å². The summed E-state index contributed by atoms with van der Waals surface area (Å²) in [4.78, 5) is 27.4. The van der Waals surface area contributed by atoms with E-state index in [1.54, 1.807) is 24.3 Å². The van der Waals surface area contributed by atoms with Crippen LogP contribution in [-0.4, -0.2) is 42.0 Å². The molecule has 1 unspecified atom stereocenters. The summed E-state index contributed by atoms with van der Waals surface area (Å²) in [6, 6.07) is 9.91. The molecule has 0 bridgehead atoms. The van der Waals surface area contributed by atoms with Crippen molar-refractivity contribution in [3.8, 4) is 11.5 Å². The van der Waals surface area contributed by atoms with Gasteiger partial charge in [-0.05, 0) is 49.2 Å². The van der Waals surface area contributed by atoms with Crippen molar-refractivity contribution in [2.45, 2.75) is 39.2 Å². The molecule has 7 heteroatoms. The lowest BCUT2D eigenvalue weighted by atomic mass is 9.94. The Hall–Kier alpha value is -3.35. The number of methoxy groups -OCH3 is 1. The molecule has 0 saturated carbocycles. The summed E-state index contributed by atoms with van der Waals surface area (Å²) in [5.74, 6) is -1.68. The van der Waals surface area contributed by atoms with Crippen molar-refractivity contribution < 1.29 is 28.6 Å². The van der Waals surface area contributed by atoms with Crippen molar-refractivity contribution in [2.75, 3.05) is 20.3 Å². The second kappa shape index (κ2) is 10.3. The fourth-order valence-electron chi connectivity index (χ4n) is 3.91. The van der Waals surface area contributed by atoms with Crippen LogP contribution in [0.25, 0.3) is 5.76 Å². The van der Waals surface area contributed by atoms with E-state index in [4.69, 9.17) is 9.47 Å². The first-order valence-corrected chi connectivity index (χ1v) is 10.8. The number of unbranched alkanes of at least 4 members (excludes halogenated alkanes) is 2. The maximum absolute atomic E-state index is 14.0. The largest absolute Gasteiger partial charge is 0.507 e. The number of ketones is 1. The van der Waals surface area contributed by atoms with Crippen LogP contribution >= 0.6 is 0 Å². The zero-order chi connectivity index (χ0) is 23.3. The standard InChI is InChI=1S/C25H28FNO5/c1-4-6-7-14-27-22(16-8-11-18(12-9-16)32-5-2)21(24(29)25(27)30)23(28)19-15-17(26)10-13-20(19)31-3/h8-13,15,22,28H,4-7,14H2,1-3H3/b23-21+. The van der Waals surface area contributed by atoms with Crippen LogP contribution in [0, 0.1) is 5.82 Å². The SMILES string of the molecule is CCCCCN1C(=O)C(=O)/C(=C(/O)c2cc(F)ccc2OC)C1c1ccc(OCC)cc1. The molecule has 2 aromatic carbocycles. The van der Waals surface area contributed by atoms with E-state index >= 15 is 0 Å². The van der Waals surface area contributed by atoms with Gasteiger partial charge in [0.1, 0.15) is 23.1 Å². The predicted octanol–water partition coefficient (Wildman–Crippen LogP) is 4.84. The molecular weight excluding hydrogens is 413 g/mol. The zero-order valence-corrected chi connectivity index (χ0v) is 18.6. The molecule has 0 aromatic heterocycles. The molecule has 1 N–H and O–H groups in total. The molecule has 0 spiro atoms. The van der Waals surface area contributed by atoms with Gasteiger partial charge in [0.25, 0.3) is 11.7 Å². The number of rotatable bonds is 9. The smallest absolute Gasteiger partial charge is 0.295 e. The Balaban J connectivity index is 2.15.